The summed E-state index contributed by atoms with van der Waals surface area (Å²) < 4.78 is 12.4. The van der Waals surface area contributed by atoms with E-state index in [1.54, 1.807) is 0 Å². The van der Waals surface area contributed by atoms with Gasteiger partial charge in [-0.25, -0.2) is 0 Å². The Morgan fingerprint density at radius 1 is 1.45 bits per heavy atom. The molecule has 2 rings (SSSR count). The van der Waals surface area contributed by atoms with Crippen LogP contribution in [0.25, 0.3) is 0 Å². The summed E-state index contributed by atoms with van der Waals surface area (Å²) in [5, 5.41) is 20.5. The topological polar surface area (TPSA) is 93.8 Å². The summed E-state index contributed by atoms with van der Waals surface area (Å²) in [7, 11) is 1.42. The number of ether oxygens (including phenoxy) is 2. The van der Waals surface area contributed by atoms with Crippen LogP contribution in [0.2, 0.25) is 0 Å². The Morgan fingerprint density at radius 3 is 2.73 bits per heavy atom. The van der Waals surface area contributed by atoms with Gasteiger partial charge in [-0.1, -0.05) is 25.1 Å². The second kappa shape index (κ2) is 7.56. The fourth-order valence-corrected chi connectivity index (χ4v) is 3.18. The highest BCUT2D eigenvalue weighted by molar-refractivity contribution is 7.98. The molecule has 1 aromatic heterocycles. The summed E-state index contributed by atoms with van der Waals surface area (Å²) in [6.45, 7) is 2.33. The number of rotatable bonds is 6. The lowest BCUT2D eigenvalue weighted by atomic mass is 10.1. The van der Waals surface area contributed by atoms with Crippen molar-refractivity contribution in [3.63, 3.8) is 0 Å². The van der Waals surface area contributed by atoms with E-state index in [0.717, 1.165) is 18.5 Å². The summed E-state index contributed by atoms with van der Waals surface area (Å²) in [5.41, 5.74) is 0.574. The van der Waals surface area contributed by atoms with Gasteiger partial charge in [0, 0.05) is 18.9 Å². The Bertz CT molecular complexity index is 565. The molecule has 0 aromatic carbocycles. The molecule has 8 heteroatoms. The van der Waals surface area contributed by atoms with E-state index in [-0.39, 0.29) is 5.56 Å². The first-order chi connectivity index (χ1) is 10.5. The number of aryl methyl sites for hydroxylation is 1. The number of aliphatic hydroxyl groups is 2. The second-order valence-electron chi connectivity index (χ2n) is 5.19. The van der Waals surface area contributed by atoms with Crippen molar-refractivity contribution in [3.05, 3.63) is 22.1 Å². The molecule has 22 heavy (non-hydrogen) atoms. The summed E-state index contributed by atoms with van der Waals surface area (Å²) in [5.74, 6) is 0. The molecule has 1 saturated heterocycles. The van der Waals surface area contributed by atoms with E-state index in [2.05, 4.69) is 4.98 Å². The van der Waals surface area contributed by atoms with Crippen LogP contribution in [0.15, 0.2) is 16.0 Å². The molecule has 4 unspecified atom stereocenters. The Hall–Kier alpha value is -0.930. The fraction of sp³-hybridized carbons (Fsp3) is 0.714. The van der Waals surface area contributed by atoms with Crippen molar-refractivity contribution in [2.45, 2.75) is 56.1 Å². The van der Waals surface area contributed by atoms with E-state index in [4.69, 9.17) is 9.47 Å². The molecule has 0 amide bonds. The number of nitrogens with zero attached hydrogens (tertiary/aromatic N) is 2. The van der Waals surface area contributed by atoms with Gasteiger partial charge in [-0.2, -0.15) is 4.98 Å². The number of thioether (sulfide) groups is 1. The lowest BCUT2D eigenvalue weighted by Crippen LogP contribution is -2.35. The molecule has 0 aliphatic carbocycles. The van der Waals surface area contributed by atoms with Gasteiger partial charge in [0.1, 0.15) is 18.3 Å². The molecule has 0 spiro atoms. The standard InChI is InChI=1S/C14H22N2O5S/c1-4-5-8-6-10(17)15-14(22-3)16(8)7-9-11(18)12(19)13(20-2)21-9/h6,9,11-13,18-19H,4-5,7H2,1-3H3. The van der Waals surface area contributed by atoms with E-state index in [0.29, 0.717) is 11.7 Å². The minimum Gasteiger partial charge on any atom is -0.387 e. The Balaban J connectivity index is 2.30. The number of aliphatic hydroxyl groups excluding tert-OH is 2. The monoisotopic (exact) mass is 330 g/mol. The molecule has 2 heterocycles. The highest BCUT2D eigenvalue weighted by atomic mass is 32.2. The maximum absolute atomic E-state index is 11.7. The molecule has 1 aromatic rings. The molecule has 7 nitrogen and oxygen atoms in total. The molecule has 0 saturated carbocycles. The SMILES string of the molecule is CCCc1cc(=O)nc(SC)n1CC1OC(OC)C(O)C1O. The van der Waals surface area contributed by atoms with Crippen LogP contribution < -0.4 is 5.56 Å². The molecule has 2 N–H and O–H groups in total. The Kier molecular flexibility index (Phi) is 5.99. The van der Waals surface area contributed by atoms with Gasteiger partial charge < -0.3 is 24.3 Å². The highest BCUT2D eigenvalue weighted by Crippen LogP contribution is 2.25. The maximum atomic E-state index is 11.7. The third kappa shape index (κ3) is 3.52. The molecule has 0 radical (unpaired) electrons. The zero-order valence-electron chi connectivity index (χ0n) is 12.9. The minimum atomic E-state index is -1.09. The van der Waals surface area contributed by atoms with Crippen molar-refractivity contribution in [2.24, 2.45) is 0 Å². The maximum Gasteiger partial charge on any atom is 0.273 e. The van der Waals surface area contributed by atoms with Crippen LogP contribution in [0.3, 0.4) is 0 Å². The van der Waals surface area contributed by atoms with Gasteiger partial charge in [0.2, 0.25) is 0 Å². The van der Waals surface area contributed by atoms with Gasteiger partial charge >= 0.3 is 0 Å². The van der Waals surface area contributed by atoms with Crippen molar-refractivity contribution >= 4 is 11.8 Å². The lowest BCUT2D eigenvalue weighted by Gasteiger charge is -2.21. The van der Waals surface area contributed by atoms with Gasteiger partial charge in [-0.3, -0.25) is 4.79 Å². The van der Waals surface area contributed by atoms with Gasteiger partial charge in [0.15, 0.2) is 11.4 Å². The van der Waals surface area contributed by atoms with E-state index in [1.807, 2.05) is 17.7 Å². The quantitative estimate of drug-likeness (QED) is 0.560. The van der Waals surface area contributed by atoms with Crippen LogP contribution in [0.4, 0.5) is 0 Å². The fourth-order valence-electron chi connectivity index (χ4n) is 2.58. The first-order valence-electron chi connectivity index (χ1n) is 7.21. The van der Waals surface area contributed by atoms with Gasteiger partial charge in [0.05, 0.1) is 6.54 Å². The summed E-state index contributed by atoms with van der Waals surface area (Å²) >= 11 is 1.36. The second-order valence-corrected chi connectivity index (χ2v) is 5.97. The number of methoxy groups -OCH3 is 1. The molecule has 4 atom stereocenters. The van der Waals surface area contributed by atoms with E-state index in [9.17, 15) is 15.0 Å². The third-order valence-electron chi connectivity index (χ3n) is 3.68. The molecule has 1 fully saturated rings. The van der Waals surface area contributed by atoms with Gasteiger partial charge in [-0.15, -0.1) is 0 Å². The first-order valence-corrected chi connectivity index (χ1v) is 8.43. The number of hydrogen-bond donors (Lipinski definition) is 2. The smallest absolute Gasteiger partial charge is 0.273 e. The summed E-state index contributed by atoms with van der Waals surface area (Å²) in [6, 6.07) is 1.51. The van der Waals surface area contributed by atoms with E-state index < -0.39 is 24.6 Å². The zero-order chi connectivity index (χ0) is 16.3. The molecule has 1 aliphatic rings. The van der Waals surface area contributed by atoms with Crippen LogP contribution in [0, 0.1) is 0 Å². The summed E-state index contributed by atoms with van der Waals surface area (Å²) in [6.07, 6.45) is -0.153. The lowest BCUT2D eigenvalue weighted by molar-refractivity contribution is -0.150. The van der Waals surface area contributed by atoms with Crippen molar-refractivity contribution in [1.82, 2.24) is 9.55 Å². The van der Waals surface area contributed by atoms with E-state index in [1.165, 1.54) is 24.9 Å². The molecule has 1 aliphatic heterocycles. The average Bonchev–Trinajstić information content (AvgIpc) is 2.77. The average molecular weight is 330 g/mol. The number of hydrogen-bond acceptors (Lipinski definition) is 7. The van der Waals surface area contributed by atoms with Crippen molar-refractivity contribution in [1.29, 1.82) is 0 Å². The predicted molar refractivity (Wildman–Crippen MR) is 82.0 cm³/mol. The van der Waals surface area contributed by atoms with Gasteiger partial charge in [-0.05, 0) is 12.7 Å². The predicted octanol–water partition coefficient (Wildman–Crippen LogP) is 0.0108. The number of aromatic nitrogens is 2. The summed E-state index contributed by atoms with van der Waals surface area (Å²) in [4.78, 5) is 15.7. The van der Waals surface area contributed by atoms with Crippen LogP contribution in [-0.4, -0.2) is 57.7 Å². The van der Waals surface area contributed by atoms with Crippen molar-refractivity contribution < 1.29 is 19.7 Å². The molecular weight excluding hydrogens is 308 g/mol. The molecule has 124 valence electrons. The minimum absolute atomic E-state index is 0.272. The normalized spacial score (nSPS) is 28.2. The molecular formula is C14H22N2O5S. The van der Waals surface area contributed by atoms with Crippen LogP contribution in [0.5, 0.6) is 0 Å². The van der Waals surface area contributed by atoms with Crippen molar-refractivity contribution in [3.8, 4) is 0 Å². The van der Waals surface area contributed by atoms with Crippen molar-refractivity contribution in [2.75, 3.05) is 13.4 Å². The first kappa shape index (κ1) is 17.4. The van der Waals surface area contributed by atoms with Crippen LogP contribution in [0.1, 0.15) is 19.0 Å². The largest absolute Gasteiger partial charge is 0.387 e. The van der Waals surface area contributed by atoms with Crippen LogP contribution in [-0.2, 0) is 22.4 Å². The third-order valence-corrected chi connectivity index (χ3v) is 4.35. The highest BCUT2D eigenvalue weighted by Gasteiger charge is 2.43. The molecule has 0 bridgehead atoms. The van der Waals surface area contributed by atoms with Crippen LogP contribution >= 0.6 is 11.8 Å². The van der Waals surface area contributed by atoms with Gasteiger partial charge in [0.25, 0.3) is 5.56 Å². The zero-order valence-corrected chi connectivity index (χ0v) is 13.7. The van der Waals surface area contributed by atoms with E-state index >= 15 is 0 Å². The Morgan fingerprint density at radius 2 is 2.18 bits per heavy atom. The Labute approximate surface area is 133 Å².